The molecule has 1 aromatic carbocycles. The third kappa shape index (κ3) is 5.11. The molecule has 3 aromatic rings. The maximum Gasteiger partial charge on any atom is 0.272 e. The van der Waals surface area contributed by atoms with Crippen molar-refractivity contribution in [3.05, 3.63) is 87.3 Å². The summed E-state index contributed by atoms with van der Waals surface area (Å²) in [6.45, 7) is 4.90. The first-order valence-corrected chi connectivity index (χ1v) is 11.3. The third-order valence-electron chi connectivity index (χ3n) is 5.93. The number of nitriles is 1. The van der Waals surface area contributed by atoms with E-state index in [1.54, 1.807) is 30.5 Å². The molecule has 0 radical (unpaired) electrons. The fourth-order valence-electron chi connectivity index (χ4n) is 4.18. The molecule has 1 aliphatic rings. The molecule has 4 rings (SSSR count). The van der Waals surface area contributed by atoms with Crippen molar-refractivity contribution >= 4 is 29.1 Å². The van der Waals surface area contributed by atoms with Crippen molar-refractivity contribution in [2.75, 3.05) is 13.1 Å². The summed E-state index contributed by atoms with van der Waals surface area (Å²) in [6.07, 6.45) is 2.87. The van der Waals surface area contributed by atoms with Gasteiger partial charge in [0.1, 0.15) is 17.9 Å². The van der Waals surface area contributed by atoms with E-state index in [4.69, 9.17) is 33.2 Å². The lowest BCUT2D eigenvalue weighted by Crippen LogP contribution is -2.32. The maximum absolute atomic E-state index is 13.2. The summed E-state index contributed by atoms with van der Waals surface area (Å²) in [6, 6.07) is 14.6. The highest BCUT2D eigenvalue weighted by Crippen LogP contribution is 2.38. The SMILES string of the molecule is Cc1ccnc(C(=O)N2C[C@H]([C@H](C)Oc3ccc(C#N)cn3)[C@@H](c3ccc(Cl)c(Cl)c3)C2)c1. The Bertz CT molecular complexity index is 1210. The van der Waals surface area contributed by atoms with E-state index in [2.05, 4.69) is 9.97 Å². The van der Waals surface area contributed by atoms with Crippen LogP contribution >= 0.6 is 23.2 Å². The van der Waals surface area contributed by atoms with Crippen LogP contribution in [0.15, 0.2) is 54.9 Å². The molecule has 0 aliphatic carbocycles. The van der Waals surface area contributed by atoms with Gasteiger partial charge in [-0.3, -0.25) is 9.78 Å². The molecule has 1 aliphatic heterocycles. The number of hydrogen-bond donors (Lipinski definition) is 0. The van der Waals surface area contributed by atoms with Crippen molar-refractivity contribution in [2.45, 2.75) is 25.9 Å². The summed E-state index contributed by atoms with van der Waals surface area (Å²) in [4.78, 5) is 23.5. The van der Waals surface area contributed by atoms with Crippen LogP contribution in [0.4, 0.5) is 0 Å². The zero-order valence-corrected chi connectivity index (χ0v) is 19.7. The van der Waals surface area contributed by atoms with Crippen LogP contribution in [-0.4, -0.2) is 40.0 Å². The second kappa shape index (κ2) is 9.78. The number of hydrogen-bond acceptors (Lipinski definition) is 5. The van der Waals surface area contributed by atoms with Crippen molar-refractivity contribution in [2.24, 2.45) is 5.92 Å². The first-order chi connectivity index (χ1) is 15.9. The van der Waals surface area contributed by atoms with Gasteiger partial charge in [0.15, 0.2) is 0 Å². The minimum Gasteiger partial charge on any atom is -0.474 e. The predicted molar refractivity (Wildman–Crippen MR) is 127 cm³/mol. The molecule has 6 nitrogen and oxygen atoms in total. The Hall–Kier alpha value is -3.14. The molecule has 3 heterocycles. The van der Waals surface area contributed by atoms with Crippen molar-refractivity contribution in [3.8, 4) is 11.9 Å². The quantitative estimate of drug-likeness (QED) is 0.495. The van der Waals surface area contributed by atoms with Gasteiger partial charge in [-0.2, -0.15) is 5.26 Å². The van der Waals surface area contributed by atoms with E-state index in [0.29, 0.717) is 40.3 Å². The lowest BCUT2D eigenvalue weighted by atomic mass is 9.86. The monoisotopic (exact) mass is 480 g/mol. The maximum atomic E-state index is 13.2. The van der Waals surface area contributed by atoms with Crippen LogP contribution in [0.3, 0.4) is 0 Å². The Morgan fingerprint density at radius 1 is 1.15 bits per heavy atom. The van der Waals surface area contributed by atoms with Crippen LogP contribution in [0.2, 0.25) is 10.0 Å². The average Bonchev–Trinajstić information content (AvgIpc) is 3.26. The number of benzene rings is 1. The van der Waals surface area contributed by atoms with Crippen molar-refractivity contribution in [1.82, 2.24) is 14.9 Å². The molecule has 8 heteroatoms. The predicted octanol–water partition coefficient (Wildman–Crippen LogP) is 5.29. The first-order valence-electron chi connectivity index (χ1n) is 10.6. The molecular formula is C25H22Cl2N4O2. The van der Waals surface area contributed by atoms with Crippen LogP contribution in [0.1, 0.15) is 40.0 Å². The third-order valence-corrected chi connectivity index (χ3v) is 6.67. The highest BCUT2D eigenvalue weighted by atomic mass is 35.5. The number of aromatic nitrogens is 2. The van der Waals surface area contributed by atoms with E-state index < -0.39 is 0 Å². The van der Waals surface area contributed by atoms with Crippen molar-refractivity contribution in [1.29, 1.82) is 5.26 Å². The normalized spacial score (nSPS) is 18.6. The Morgan fingerprint density at radius 2 is 1.97 bits per heavy atom. The number of nitrogens with zero attached hydrogens (tertiary/aromatic N) is 4. The van der Waals surface area contributed by atoms with Crippen LogP contribution in [0, 0.1) is 24.2 Å². The van der Waals surface area contributed by atoms with Crippen LogP contribution in [0.25, 0.3) is 0 Å². The molecule has 3 atom stereocenters. The highest BCUT2D eigenvalue weighted by Gasteiger charge is 2.41. The van der Waals surface area contributed by atoms with Crippen molar-refractivity contribution < 1.29 is 9.53 Å². The standard InChI is InChI=1S/C25H22Cl2N4O2/c1-15-7-8-29-23(9-15)25(32)31-13-19(16(2)33-24-6-3-17(11-28)12-30-24)20(14-31)18-4-5-21(26)22(27)10-18/h3-10,12,16,19-20H,13-14H2,1-2H3/t16-,19+,20+/m0/s1. The molecule has 2 aromatic heterocycles. The lowest BCUT2D eigenvalue weighted by molar-refractivity contribution is 0.0764. The average molecular weight is 481 g/mol. The number of carbonyl (C=O) groups is 1. The molecular weight excluding hydrogens is 459 g/mol. The minimum atomic E-state index is -0.256. The first kappa shape index (κ1) is 23.0. The summed E-state index contributed by atoms with van der Waals surface area (Å²) in [5.74, 6) is 0.282. The highest BCUT2D eigenvalue weighted by molar-refractivity contribution is 6.42. The Balaban J connectivity index is 1.61. The Labute approximate surface area is 202 Å². The molecule has 168 valence electrons. The van der Waals surface area contributed by atoms with Gasteiger partial charge in [-0.25, -0.2) is 4.98 Å². The van der Waals surface area contributed by atoms with Crippen LogP contribution < -0.4 is 4.74 Å². The van der Waals surface area contributed by atoms with Gasteiger partial charge in [0.25, 0.3) is 5.91 Å². The smallest absolute Gasteiger partial charge is 0.272 e. The van der Waals surface area contributed by atoms with Gasteiger partial charge >= 0.3 is 0 Å². The Morgan fingerprint density at radius 3 is 2.64 bits per heavy atom. The van der Waals surface area contributed by atoms with Gasteiger partial charge in [-0.15, -0.1) is 0 Å². The molecule has 0 unspecified atom stereocenters. The van der Waals surface area contributed by atoms with Gasteiger partial charge in [-0.05, 0) is 55.3 Å². The van der Waals surface area contributed by atoms with Gasteiger partial charge in [0.05, 0.1) is 15.6 Å². The summed E-state index contributed by atoms with van der Waals surface area (Å²) in [5, 5.41) is 9.94. The lowest BCUT2D eigenvalue weighted by Gasteiger charge is -2.25. The summed E-state index contributed by atoms with van der Waals surface area (Å²) in [7, 11) is 0. The number of aryl methyl sites for hydroxylation is 1. The Kier molecular flexibility index (Phi) is 6.83. The molecule has 0 N–H and O–H groups in total. The second-order valence-corrected chi connectivity index (χ2v) is 9.01. The van der Waals surface area contributed by atoms with E-state index in [1.807, 2.05) is 43.0 Å². The minimum absolute atomic E-state index is 0.0121. The van der Waals surface area contributed by atoms with Crippen molar-refractivity contribution in [3.63, 3.8) is 0 Å². The molecule has 0 spiro atoms. The summed E-state index contributed by atoms with van der Waals surface area (Å²) in [5.41, 5.74) is 2.86. The van der Waals surface area contributed by atoms with E-state index >= 15 is 0 Å². The largest absolute Gasteiger partial charge is 0.474 e. The summed E-state index contributed by atoms with van der Waals surface area (Å²) >= 11 is 12.4. The summed E-state index contributed by atoms with van der Waals surface area (Å²) < 4.78 is 6.12. The number of halogens is 2. The molecule has 1 saturated heterocycles. The fraction of sp³-hybridized carbons (Fsp3) is 0.280. The number of likely N-dealkylation sites (tertiary alicyclic amines) is 1. The molecule has 33 heavy (non-hydrogen) atoms. The molecule has 0 bridgehead atoms. The van der Waals surface area contributed by atoms with E-state index in [-0.39, 0.29) is 23.8 Å². The molecule has 0 saturated carbocycles. The van der Waals surface area contributed by atoms with E-state index in [1.165, 1.54) is 6.20 Å². The van der Waals surface area contributed by atoms with E-state index in [9.17, 15) is 4.79 Å². The van der Waals surface area contributed by atoms with Crippen LogP contribution in [-0.2, 0) is 0 Å². The number of rotatable bonds is 5. The second-order valence-electron chi connectivity index (χ2n) is 8.19. The van der Waals surface area contributed by atoms with Gasteiger partial charge < -0.3 is 9.64 Å². The topological polar surface area (TPSA) is 79.1 Å². The number of amides is 1. The number of pyridine rings is 2. The fourth-order valence-corrected chi connectivity index (χ4v) is 4.48. The van der Waals surface area contributed by atoms with Crippen LogP contribution in [0.5, 0.6) is 5.88 Å². The zero-order chi connectivity index (χ0) is 23.5. The number of ether oxygens (including phenoxy) is 1. The molecule has 1 fully saturated rings. The van der Waals surface area contributed by atoms with Gasteiger partial charge in [0.2, 0.25) is 5.88 Å². The van der Waals surface area contributed by atoms with Gasteiger partial charge in [-0.1, -0.05) is 29.3 Å². The number of carbonyl (C=O) groups excluding carboxylic acids is 1. The zero-order valence-electron chi connectivity index (χ0n) is 18.2. The van der Waals surface area contributed by atoms with E-state index in [0.717, 1.165) is 11.1 Å². The van der Waals surface area contributed by atoms with Gasteiger partial charge in [0, 0.05) is 43.4 Å². The molecule has 1 amide bonds.